The molecule has 108 valence electrons. The minimum Gasteiger partial charge on any atom is -0.481 e. The van der Waals surface area contributed by atoms with Crippen molar-refractivity contribution in [2.24, 2.45) is 5.92 Å². The number of aliphatic carboxylic acids is 1. The molecule has 1 aromatic carbocycles. The fraction of sp³-hybridized carbons (Fsp3) is 0.357. The highest BCUT2D eigenvalue weighted by molar-refractivity contribution is 5.78. The summed E-state index contributed by atoms with van der Waals surface area (Å²) >= 11 is 0. The third-order valence-electron chi connectivity index (χ3n) is 3.01. The molecule has 6 heteroatoms. The van der Waals surface area contributed by atoms with Crippen LogP contribution in [0.4, 0.5) is 4.39 Å². The van der Waals surface area contributed by atoms with Gasteiger partial charge in [-0.25, -0.2) is 4.39 Å². The Morgan fingerprint density at radius 1 is 1.45 bits per heavy atom. The first-order valence-corrected chi connectivity index (χ1v) is 5.98. The lowest BCUT2D eigenvalue weighted by atomic mass is 9.82. The predicted octanol–water partition coefficient (Wildman–Crippen LogP) is 1.76. The van der Waals surface area contributed by atoms with Crippen molar-refractivity contribution >= 4 is 18.2 Å². The van der Waals surface area contributed by atoms with Crippen LogP contribution < -0.4 is 0 Å². The van der Waals surface area contributed by atoms with Crippen LogP contribution in [0.25, 0.3) is 0 Å². The Bertz CT molecular complexity index is 500. The number of hydrogen-bond acceptors (Lipinski definition) is 4. The van der Waals surface area contributed by atoms with E-state index < -0.39 is 36.0 Å². The van der Waals surface area contributed by atoms with Crippen molar-refractivity contribution < 1.29 is 28.6 Å². The molecule has 1 N–H and O–H groups in total. The Labute approximate surface area is 115 Å². The predicted molar refractivity (Wildman–Crippen MR) is 67.6 cm³/mol. The van der Waals surface area contributed by atoms with E-state index in [0.29, 0.717) is 11.8 Å². The summed E-state index contributed by atoms with van der Waals surface area (Å²) in [5.41, 5.74) is 0.352. The topological polar surface area (TPSA) is 80.7 Å². The summed E-state index contributed by atoms with van der Waals surface area (Å²) in [4.78, 5) is 33.4. The van der Waals surface area contributed by atoms with Gasteiger partial charge in [-0.3, -0.25) is 9.59 Å². The lowest BCUT2D eigenvalue weighted by molar-refractivity contribution is -0.148. The van der Waals surface area contributed by atoms with Crippen molar-refractivity contribution in [3.8, 4) is 0 Å². The van der Waals surface area contributed by atoms with Crippen molar-refractivity contribution in [1.82, 2.24) is 0 Å². The van der Waals surface area contributed by atoms with Crippen LogP contribution in [0.2, 0.25) is 0 Å². The lowest BCUT2D eigenvalue weighted by Crippen LogP contribution is -2.26. The minimum atomic E-state index is -1.14. The first-order valence-electron chi connectivity index (χ1n) is 5.98. The van der Waals surface area contributed by atoms with Gasteiger partial charge in [0, 0.05) is 12.3 Å². The molecular weight excluding hydrogens is 267 g/mol. The van der Waals surface area contributed by atoms with Gasteiger partial charge in [0.2, 0.25) is 0 Å². The van der Waals surface area contributed by atoms with E-state index in [1.165, 1.54) is 18.2 Å². The van der Waals surface area contributed by atoms with Crippen molar-refractivity contribution in [2.75, 3.05) is 7.11 Å². The Hall–Kier alpha value is -2.24. The van der Waals surface area contributed by atoms with Gasteiger partial charge in [0.1, 0.15) is 12.1 Å². The summed E-state index contributed by atoms with van der Waals surface area (Å²) in [5.74, 6) is -4.13. The zero-order chi connectivity index (χ0) is 15.1. The van der Waals surface area contributed by atoms with E-state index in [9.17, 15) is 18.8 Å². The molecule has 1 rings (SSSR count). The molecule has 0 aliphatic carbocycles. The highest BCUT2D eigenvalue weighted by Gasteiger charge is 2.32. The fourth-order valence-electron chi connectivity index (χ4n) is 2.10. The van der Waals surface area contributed by atoms with E-state index in [2.05, 4.69) is 4.74 Å². The van der Waals surface area contributed by atoms with Crippen molar-refractivity contribution in [3.63, 3.8) is 0 Å². The van der Waals surface area contributed by atoms with Gasteiger partial charge in [0.15, 0.2) is 0 Å². The summed E-state index contributed by atoms with van der Waals surface area (Å²) < 4.78 is 17.9. The first-order chi connectivity index (χ1) is 9.49. The van der Waals surface area contributed by atoms with Gasteiger partial charge in [-0.15, -0.1) is 0 Å². The Balaban J connectivity index is 3.17. The Morgan fingerprint density at radius 3 is 2.65 bits per heavy atom. The van der Waals surface area contributed by atoms with Crippen LogP contribution in [0, 0.1) is 11.7 Å². The van der Waals surface area contributed by atoms with Crippen LogP contribution in [-0.2, 0) is 19.1 Å². The Morgan fingerprint density at radius 2 is 2.15 bits per heavy atom. The summed E-state index contributed by atoms with van der Waals surface area (Å²) in [6.07, 6.45) is -0.0477. The van der Waals surface area contributed by atoms with Crippen LogP contribution in [0.5, 0.6) is 0 Å². The van der Waals surface area contributed by atoms with E-state index in [4.69, 9.17) is 5.11 Å². The number of methoxy groups -OCH3 is 1. The normalized spacial score (nSPS) is 13.3. The SMILES string of the molecule is COC(=O)C(CC=O)C(CC(=O)O)c1cccc(F)c1. The number of carboxylic acids is 1. The summed E-state index contributed by atoms with van der Waals surface area (Å²) in [5, 5.41) is 8.95. The van der Waals surface area contributed by atoms with Crippen LogP contribution >= 0.6 is 0 Å². The zero-order valence-electron chi connectivity index (χ0n) is 10.9. The number of esters is 1. The molecule has 0 aliphatic heterocycles. The number of carbonyl (C=O) groups is 3. The minimum absolute atomic E-state index is 0.179. The van der Waals surface area contributed by atoms with Crippen LogP contribution in [-0.4, -0.2) is 30.4 Å². The van der Waals surface area contributed by atoms with Crippen molar-refractivity contribution in [2.45, 2.75) is 18.8 Å². The smallest absolute Gasteiger partial charge is 0.309 e. The molecule has 5 nitrogen and oxygen atoms in total. The van der Waals surface area contributed by atoms with Gasteiger partial charge in [-0.2, -0.15) is 0 Å². The van der Waals surface area contributed by atoms with E-state index >= 15 is 0 Å². The van der Waals surface area contributed by atoms with Gasteiger partial charge in [0.25, 0.3) is 0 Å². The maximum Gasteiger partial charge on any atom is 0.309 e. The largest absolute Gasteiger partial charge is 0.481 e. The van der Waals surface area contributed by atoms with E-state index in [1.807, 2.05) is 0 Å². The molecule has 0 aliphatic rings. The summed E-state index contributed by atoms with van der Waals surface area (Å²) in [6.45, 7) is 0. The summed E-state index contributed by atoms with van der Waals surface area (Å²) in [7, 11) is 1.16. The molecule has 20 heavy (non-hydrogen) atoms. The van der Waals surface area contributed by atoms with Gasteiger partial charge in [-0.1, -0.05) is 12.1 Å². The number of carbonyl (C=O) groups excluding carboxylic acids is 2. The van der Waals surface area contributed by atoms with E-state index in [-0.39, 0.29) is 6.42 Å². The fourth-order valence-corrected chi connectivity index (χ4v) is 2.10. The highest BCUT2D eigenvalue weighted by Crippen LogP contribution is 2.31. The number of ether oxygens (including phenoxy) is 1. The third-order valence-corrected chi connectivity index (χ3v) is 3.01. The number of hydrogen-bond donors (Lipinski definition) is 1. The molecule has 0 saturated heterocycles. The maximum atomic E-state index is 13.3. The quantitative estimate of drug-likeness (QED) is 0.609. The number of aldehydes is 1. The molecule has 1 aromatic rings. The summed E-state index contributed by atoms with van der Waals surface area (Å²) in [6, 6.07) is 5.33. The van der Waals surface area contributed by atoms with Crippen LogP contribution in [0.15, 0.2) is 24.3 Å². The average Bonchev–Trinajstić information content (AvgIpc) is 2.41. The monoisotopic (exact) mass is 282 g/mol. The number of halogens is 1. The third kappa shape index (κ3) is 4.15. The molecule has 0 saturated carbocycles. The van der Waals surface area contributed by atoms with Crippen LogP contribution in [0.1, 0.15) is 24.3 Å². The molecular formula is C14H15FO5. The molecule has 0 heterocycles. The van der Waals surface area contributed by atoms with Crippen molar-refractivity contribution in [1.29, 1.82) is 0 Å². The lowest BCUT2D eigenvalue weighted by Gasteiger charge is -2.22. The zero-order valence-corrected chi connectivity index (χ0v) is 10.9. The van der Waals surface area contributed by atoms with Crippen molar-refractivity contribution in [3.05, 3.63) is 35.6 Å². The first kappa shape index (κ1) is 15.8. The molecule has 0 radical (unpaired) electrons. The number of benzene rings is 1. The molecule has 0 amide bonds. The molecule has 0 bridgehead atoms. The number of carboxylic acid groups (broad SMARTS) is 1. The second-order valence-electron chi connectivity index (χ2n) is 4.29. The second-order valence-corrected chi connectivity index (χ2v) is 4.29. The molecule has 2 unspecified atom stereocenters. The van der Waals surface area contributed by atoms with Gasteiger partial charge in [-0.05, 0) is 17.7 Å². The van der Waals surface area contributed by atoms with Crippen LogP contribution in [0.3, 0.4) is 0 Å². The van der Waals surface area contributed by atoms with E-state index in [1.54, 1.807) is 0 Å². The standard InChI is InChI=1S/C14H15FO5/c1-20-14(19)11(5-6-16)12(8-13(17)18)9-3-2-4-10(15)7-9/h2-4,6-7,11-12H,5,8H2,1H3,(H,17,18). The van der Waals surface area contributed by atoms with Gasteiger partial charge in [0.05, 0.1) is 19.4 Å². The molecule has 0 spiro atoms. The highest BCUT2D eigenvalue weighted by atomic mass is 19.1. The second kappa shape index (κ2) is 7.37. The van der Waals surface area contributed by atoms with E-state index in [0.717, 1.165) is 13.2 Å². The Kier molecular flexibility index (Phi) is 5.83. The maximum absolute atomic E-state index is 13.3. The van der Waals surface area contributed by atoms with Gasteiger partial charge < -0.3 is 14.6 Å². The average molecular weight is 282 g/mol. The molecule has 0 aromatic heterocycles. The van der Waals surface area contributed by atoms with Gasteiger partial charge >= 0.3 is 11.9 Å². The molecule has 0 fully saturated rings. The molecule has 2 atom stereocenters. The number of rotatable bonds is 7.